The summed E-state index contributed by atoms with van der Waals surface area (Å²) in [5.41, 5.74) is 11.3. The minimum Gasteiger partial charge on any atom is -0.385 e. The summed E-state index contributed by atoms with van der Waals surface area (Å²) >= 11 is 0. The van der Waals surface area contributed by atoms with Crippen molar-refractivity contribution < 1.29 is 0 Å². The molecule has 1 aliphatic rings. The van der Waals surface area contributed by atoms with Gasteiger partial charge in [0.1, 0.15) is 11.4 Å². The van der Waals surface area contributed by atoms with Crippen LogP contribution in [-0.4, -0.2) is 60.2 Å². The van der Waals surface area contributed by atoms with Crippen molar-refractivity contribution in [1.82, 2.24) is 10.6 Å². The van der Waals surface area contributed by atoms with E-state index in [9.17, 15) is 0 Å². The summed E-state index contributed by atoms with van der Waals surface area (Å²) in [4.78, 5) is 13.6. The summed E-state index contributed by atoms with van der Waals surface area (Å²) in [7, 11) is 0. The largest absolute Gasteiger partial charge is 0.385 e. The van der Waals surface area contributed by atoms with Crippen molar-refractivity contribution in [2.24, 2.45) is 26.4 Å². The van der Waals surface area contributed by atoms with Crippen LogP contribution in [0.1, 0.15) is 67.7 Å². The maximum atomic E-state index is 6.32. The first-order chi connectivity index (χ1) is 12.4. The van der Waals surface area contributed by atoms with E-state index in [1.54, 1.807) is 0 Å². The Morgan fingerprint density at radius 2 is 1.85 bits per heavy atom. The summed E-state index contributed by atoms with van der Waals surface area (Å²) in [6.45, 7) is 17.2. The maximum absolute atomic E-state index is 6.32. The fourth-order valence-electron chi connectivity index (χ4n) is 3.61. The first-order valence-corrected chi connectivity index (χ1v) is 10.1. The molecule has 1 saturated heterocycles. The number of piperidine rings is 1. The monoisotopic (exact) mass is 379 g/mol. The molecule has 0 saturated carbocycles. The number of aliphatic imine (C=N–C) groups is 3. The highest BCUT2D eigenvalue weighted by molar-refractivity contribution is 5.90. The Morgan fingerprint density at radius 3 is 2.41 bits per heavy atom. The van der Waals surface area contributed by atoms with Gasteiger partial charge in [-0.05, 0) is 80.8 Å². The molecule has 1 rings (SSSR count). The standard InChI is InChI=1S/C20H41N7/c1-15(13-23-10-8-9-21)24-14-25-20(6,7)17(22)26-16-11-18(2,3)27-19(4,5)12-16/h15-16,23,27H,8-13,21H2,1-7H3,(H2,22,26). The molecule has 7 nitrogen and oxygen atoms in total. The summed E-state index contributed by atoms with van der Waals surface area (Å²) in [5, 5.41) is 6.99. The molecule has 0 aromatic heterocycles. The van der Waals surface area contributed by atoms with E-state index in [1.807, 2.05) is 20.8 Å². The lowest BCUT2D eigenvalue weighted by Gasteiger charge is -2.45. The third-order valence-corrected chi connectivity index (χ3v) is 4.72. The number of amidine groups is 1. The van der Waals surface area contributed by atoms with Crippen LogP contribution in [0.15, 0.2) is 15.0 Å². The van der Waals surface area contributed by atoms with Crippen LogP contribution in [0.5, 0.6) is 0 Å². The van der Waals surface area contributed by atoms with Gasteiger partial charge in [0.15, 0.2) is 0 Å². The first kappa shape index (κ1) is 23.8. The van der Waals surface area contributed by atoms with Crippen molar-refractivity contribution in [3.63, 3.8) is 0 Å². The molecular formula is C20H41N7. The Balaban J connectivity index is 2.72. The summed E-state index contributed by atoms with van der Waals surface area (Å²) < 4.78 is 0. The Hall–Kier alpha value is -1.27. The van der Waals surface area contributed by atoms with Crippen LogP contribution in [0, 0.1) is 0 Å². The van der Waals surface area contributed by atoms with Crippen LogP contribution in [0.3, 0.4) is 0 Å². The minimum atomic E-state index is -0.616. The topological polar surface area (TPSA) is 113 Å². The van der Waals surface area contributed by atoms with Gasteiger partial charge in [-0.3, -0.25) is 4.99 Å². The molecule has 27 heavy (non-hydrogen) atoms. The minimum absolute atomic E-state index is 0.0391. The van der Waals surface area contributed by atoms with E-state index in [2.05, 4.69) is 54.3 Å². The van der Waals surface area contributed by atoms with Crippen molar-refractivity contribution in [2.45, 2.75) is 96.4 Å². The van der Waals surface area contributed by atoms with Crippen molar-refractivity contribution in [2.75, 3.05) is 19.6 Å². The fourth-order valence-corrected chi connectivity index (χ4v) is 3.61. The molecule has 1 unspecified atom stereocenters. The predicted molar refractivity (Wildman–Crippen MR) is 116 cm³/mol. The van der Waals surface area contributed by atoms with E-state index in [4.69, 9.17) is 16.5 Å². The molecule has 0 radical (unpaired) electrons. The number of hydrogen-bond donors (Lipinski definition) is 4. The first-order valence-electron chi connectivity index (χ1n) is 10.1. The normalized spacial score (nSPS) is 21.4. The van der Waals surface area contributed by atoms with Gasteiger partial charge in [0, 0.05) is 17.6 Å². The van der Waals surface area contributed by atoms with E-state index in [-0.39, 0.29) is 23.2 Å². The molecule has 0 amide bonds. The molecular weight excluding hydrogens is 338 g/mol. The molecule has 0 aromatic carbocycles. The second-order valence-corrected chi connectivity index (χ2v) is 9.56. The molecule has 1 fully saturated rings. The smallest absolute Gasteiger partial charge is 0.122 e. The van der Waals surface area contributed by atoms with Gasteiger partial charge in [0.2, 0.25) is 0 Å². The van der Waals surface area contributed by atoms with Gasteiger partial charge < -0.3 is 22.1 Å². The Morgan fingerprint density at radius 1 is 1.26 bits per heavy atom. The molecule has 156 valence electrons. The van der Waals surface area contributed by atoms with E-state index in [0.717, 1.165) is 32.4 Å². The highest BCUT2D eigenvalue weighted by atomic mass is 15.1. The van der Waals surface area contributed by atoms with Crippen LogP contribution < -0.4 is 22.1 Å². The molecule has 0 aliphatic carbocycles. The third kappa shape index (κ3) is 8.98. The summed E-state index contributed by atoms with van der Waals surface area (Å²) in [6, 6.07) is 3.12. The van der Waals surface area contributed by atoms with E-state index in [0.29, 0.717) is 12.4 Å². The quantitative estimate of drug-likeness (QED) is 0.278. The average Bonchev–Trinajstić information content (AvgIpc) is 2.48. The van der Waals surface area contributed by atoms with Crippen LogP contribution >= 0.6 is 0 Å². The number of nitrogens with two attached hydrogens (primary N) is 2. The summed E-state index contributed by atoms with van der Waals surface area (Å²) in [5.74, 6) is 0.539. The molecule has 1 atom stereocenters. The van der Waals surface area contributed by atoms with Gasteiger partial charge in [-0.2, -0.15) is 0 Å². The molecule has 6 N–H and O–H groups in total. The number of hydrogen-bond acceptors (Lipinski definition) is 6. The van der Waals surface area contributed by atoms with Gasteiger partial charge >= 0.3 is 0 Å². The molecule has 0 spiro atoms. The lowest BCUT2D eigenvalue weighted by Crippen LogP contribution is -2.59. The van der Waals surface area contributed by atoms with Crippen molar-refractivity contribution in [1.29, 1.82) is 0 Å². The second kappa shape index (κ2) is 9.78. The van der Waals surface area contributed by atoms with Gasteiger partial charge in [-0.1, -0.05) is 0 Å². The molecule has 1 heterocycles. The fraction of sp³-hybridized carbons (Fsp3) is 0.900. The van der Waals surface area contributed by atoms with E-state index >= 15 is 0 Å². The SMILES string of the molecule is CC(CNCCCN)N=C=NC(C)(C)C(N)=NC1CC(C)(C)NC(C)(C)C1. The number of rotatable bonds is 9. The van der Waals surface area contributed by atoms with Gasteiger partial charge in [0.05, 0.1) is 18.1 Å². The Kier molecular flexibility index (Phi) is 8.61. The highest BCUT2D eigenvalue weighted by Crippen LogP contribution is 2.30. The van der Waals surface area contributed by atoms with Gasteiger partial charge in [-0.25, -0.2) is 9.98 Å². The molecule has 7 heteroatoms. The van der Waals surface area contributed by atoms with Crippen LogP contribution in [0.2, 0.25) is 0 Å². The van der Waals surface area contributed by atoms with E-state index in [1.165, 1.54) is 0 Å². The van der Waals surface area contributed by atoms with Crippen LogP contribution in [0.4, 0.5) is 0 Å². The maximum Gasteiger partial charge on any atom is 0.122 e. The lowest BCUT2D eigenvalue weighted by atomic mass is 9.80. The van der Waals surface area contributed by atoms with Crippen LogP contribution in [-0.2, 0) is 0 Å². The predicted octanol–water partition coefficient (Wildman–Crippen LogP) is 1.93. The summed E-state index contributed by atoms with van der Waals surface area (Å²) in [6.07, 6.45) is 2.88. The zero-order chi connectivity index (χ0) is 20.7. The zero-order valence-electron chi connectivity index (χ0n) is 18.4. The molecule has 0 bridgehead atoms. The lowest BCUT2D eigenvalue weighted by molar-refractivity contribution is 0.164. The van der Waals surface area contributed by atoms with Crippen molar-refractivity contribution in [3.05, 3.63) is 0 Å². The number of nitrogens with one attached hydrogen (secondary N) is 2. The van der Waals surface area contributed by atoms with Gasteiger partial charge in [-0.15, -0.1) is 0 Å². The van der Waals surface area contributed by atoms with Crippen molar-refractivity contribution in [3.8, 4) is 0 Å². The van der Waals surface area contributed by atoms with Crippen LogP contribution in [0.25, 0.3) is 0 Å². The molecule has 1 aliphatic heterocycles. The van der Waals surface area contributed by atoms with Crippen molar-refractivity contribution >= 4 is 11.8 Å². The van der Waals surface area contributed by atoms with Gasteiger partial charge in [0.25, 0.3) is 0 Å². The van der Waals surface area contributed by atoms with E-state index < -0.39 is 5.54 Å². The average molecular weight is 380 g/mol. The highest BCUT2D eigenvalue weighted by Gasteiger charge is 2.38. The number of nitrogens with zero attached hydrogens (tertiary/aromatic N) is 3. The molecule has 0 aromatic rings. The second-order valence-electron chi connectivity index (χ2n) is 9.56. The Bertz CT molecular complexity index is 541. The zero-order valence-corrected chi connectivity index (χ0v) is 18.4. The third-order valence-electron chi connectivity index (χ3n) is 4.72. The Labute approximate surface area is 165 Å².